The zero-order valence-corrected chi connectivity index (χ0v) is 21.9. The number of aliphatic hydroxyl groups is 2. The monoisotopic (exact) mass is 541 g/mol. The molecule has 0 radical (unpaired) electrons. The Morgan fingerprint density at radius 3 is 2.46 bits per heavy atom. The fraction of sp³-hybridized carbons (Fsp3) is 0.433. The number of aromatic nitrogens is 1. The summed E-state index contributed by atoms with van der Waals surface area (Å²) in [6.45, 7) is 4.56. The number of rotatable bonds is 6. The van der Waals surface area contributed by atoms with Crippen LogP contribution in [0.15, 0.2) is 42.5 Å². The van der Waals surface area contributed by atoms with Gasteiger partial charge in [0.25, 0.3) is 0 Å². The van der Waals surface area contributed by atoms with Crippen LogP contribution in [0.4, 0.5) is 13.2 Å². The summed E-state index contributed by atoms with van der Waals surface area (Å²) in [6, 6.07) is 7.80. The van der Waals surface area contributed by atoms with E-state index in [1.54, 1.807) is 11.0 Å². The quantitative estimate of drug-likeness (QED) is 0.406. The summed E-state index contributed by atoms with van der Waals surface area (Å²) in [5.41, 5.74) is 2.99. The number of aliphatic hydroxyl groups excluding tert-OH is 2. The maximum Gasteiger partial charge on any atom is 0.246 e. The van der Waals surface area contributed by atoms with Crippen molar-refractivity contribution in [1.82, 2.24) is 14.8 Å². The van der Waals surface area contributed by atoms with Crippen molar-refractivity contribution in [3.05, 3.63) is 76.7 Å². The summed E-state index contributed by atoms with van der Waals surface area (Å²) >= 11 is 0. The van der Waals surface area contributed by atoms with E-state index in [4.69, 9.17) is 0 Å². The third kappa shape index (κ3) is 6.21. The first kappa shape index (κ1) is 27.4. The van der Waals surface area contributed by atoms with Crippen LogP contribution >= 0.6 is 0 Å². The van der Waals surface area contributed by atoms with Crippen molar-refractivity contribution in [2.24, 2.45) is 5.92 Å². The normalized spacial score (nSPS) is 22.2. The van der Waals surface area contributed by atoms with Crippen molar-refractivity contribution >= 4 is 22.9 Å². The highest BCUT2D eigenvalue weighted by atomic mass is 19.1. The Labute approximate surface area is 225 Å². The smallest absolute Gasteiger partial charge is 0.246 e. The Bertz CT molecular complexity index is 1350. The Balaban J connectivity index is 1.11. The average Bonchev–Trinajstić information content (AvgIpc) is 3.21. The van der Waals surface area contributed by atoms with Crippen molar-refractivity contribution in [2.75, 3.05) is 32.7 Å². The van der Waals surface area contributed by atoms with Gasteiger partial charge in [-0.15, -0.1) is 0 Å². The highest BCUT2D eigenvalue weighted by Crippen LogP contribution is 2.36. The number of nitrogens with one attached hydrogen (secondary N) is 1. The van der Waals surface area contributed by atoms with Gasteiger partial charge in [-0.2, -0.15) is 0 Å². The van der Waals surface area contributed by atoms with Crippen molar-refractivity contribution in [3.63, 3.8) is 0 Å². The zero-order valence-electron chi connectivity index (χ0n) is 21.9. The van der Waals surface area contributed by atoms with E-state index in [0.29, 0.717) is 39.0 Å². The molecule has 3 N–H and O–H groups in total. The molecule has 3 unspecified atom stereocenters. The van der Waals surface area contributed by atoms with E-state index in [0.717, 1.165) is 53.3 Å². The Hall–Kier alpha value is -3.14. The van der Waals surface area contributed by atoms with Gasteiger partial charge in [-0.1, -0.05) is 0 Å². The molecule has 1 aromatic heterocycles. The molecule has 5 rings (SSSR count). The molecule has 2 saturated heterocycles. The highest BCUT2D eigenvalue weighted by Gasteiger charge is 2.34. The van der Waals surface area contributed by atoms with Gasteiger partial charge in [0.1, 0.15) is 17.5 Å². The van der Waals surface area contributed by atoms with E-state index >= 15 is 0 Å². The molecule has 3 atom stereocenters. The molecule has 3 aromatic rings. The van der Waals surface area contributed by atoms with E-state index < -0.39 is 23.8 Å². The number of fused-ring (bicyclic) bond motifs is 1. The van der Waals surface area contributed by atoms with Gasteiger partial charge in [-0.25, -0.2) is 13.2 Å². The summed E-state index contributed by atoms with van der Waals surface area (Å²) in [6.07, 6.45) is 3.58. The SMILES string of the molecule is Cc1[nH]c2cc(F)ccc2c1C1CCN(CC(O)C2CCN(C(=O)/C=C/c3cc(F)cc(F)c3)CC2)CC1O. The maximum atomic E-state index is 13.7. The first-order valence-corrected chi connectivity index (χ1v) is 13.5. The molecule has 2 fully saturated rings. The van der Waals surface area contributed by atoms with Crippen LogP contribution in [0.5, 0.6) is 0 Å². The minimum Gasteiger partial charge on any atom is -0.392 e. The second-order valence-electron chi connectivity index (χ2n) is 10.8. The van der Waals surface area contributed by atoms with Gasteiger partial charge in [-0.05, 0) is 86.2 Å². The molecule has 2 aromatic carbocycles. The molecule has 9 heteroatoms. The summed E-state index contributed by atoms with van der Waals surface area (Å²) in [5, 5.41) is 22.9. The maximum absolute atomic E-state index is 13.7. The van der Waals surface area contributed by atoms with Gasteiger partial charge in [-0.3, -0.25) is 9.69 Å². The number of benzene rings is 2. The molecule has 2 aliphatic heterocycles. The standard InChI is InChI=1S/C30H34F3N3O3/c1-18-30(24-4-3-21(31)15-26(24)34-18)25-8-9-35(17-28(25)38)16-27(37)20-6-10-36(11-7-20)29(39)5-2-19-12-22(32)14-23(33)13-19/h2-5,12-15,20,25,27-28,34,37-38H,6-11,16-17H2,1H3/b5-2+. The van der Waals surface area contributed by atoms with Gasteiger partial charge in [0.15, 0.2) is 0 Å². The summed E-state index contributed by atoms with van der Waals surface area (Å²) < 4.78 is 40.4. The minimum atomic E-state index is -0.696. The van der Waals surface area contributed by atoms with Gasteiger partial charge in [0.05, 0.1) is 12.2 Å². The lowest BCUT2D eigenvalue weighted by Crippen LogP contribution is -2.48. The predicted octanol–water partition coefficient (Wildman–Crippen LogP) is 4.36. The van der Waals surface area contributed by atoms with Crippen LogP contribution in [0.2, 0.25) is 0 Å². The number of hydrogen-bond donors (Lipinski definition) is 3. The molecule has 0 saturated carbocycles. The first-order chi connectivity index (χ1) is 18.7. The number of H-pyrrole nitrogens is 1. The number of aryl methyl sites for hydroxylation is 1. The predicted molar refractivity (Wildman–Crippen MR) is 144 cm³/mol. The number of carbonyl (C=O) groups is 1. The number of hydrogen-bond acceptors (Lipinski definition) is 4. The van der Waals surface area contributed by atoms with Crippen molar-refractivity contribution in [3.8, 4) is 0 Å². The number of β-amino-alcohol motifs (C(OH)–C–C–N with tert-alkyl or cyclic N) is 2. The number of carbonyl (C=O) groups excluding carboxylic acids is 1. The lowest BCUT2D eigenvalue weighted by Gasteiger charge is -2.39. The molecule has 0 bridgehead atoms. The minimum absolute atomic E-state index is 0.0379. The Kier molecular flexibility index (Phi) is 8.11. The summed E-state index contributed by atoms with van der Waals surface area (Å²) in [7, 11) is 0. The number of amides is 1. The molecule has 1 amide bonds. The highest BCUT2D eigenvalue weighted by molar-refractivity contribution is 5.91. The third-order valence-electron chi connectivity index (χ3n) is 8.18. The lowest BCUT2D eigenvalue weighted by molar-refractivity contribution is -0.128. The van der Waals surface area contributed by atoms with Crippen LogP contribution in [0.3, 0.4) is 0 Å². The number of nitrogens with zero attached hydrogens (tertiary/aromatic N) is 2. The summed E-state index contributed by atoms with van der Waals surface area (Å²) in [4.78, 5) is 19.6. The molecule has 39 heavy (non-hydrogen) atoms. The fourth-order valence-corrected chi connectivity index (χ4v) is 6.17. The van der Waals surface area contributed by atoms with Crippen molar-refractivity contribution < 1.29 is 28.2 Å². The number of piperidine rings is 2. The Morgan fingerprint density at radius 1 is 1.05 bits per heavy atom. The van der Waals surface area contributed by atoms with E-state index in [9.17, 15) is 28.2 Å². The average molecular weight is 542 g/mol. The van der Waals surface area contributed by atoms with Gasteiger partial charge in [0.2, 0.25) is 5.91 Å². The van der Waals surface area contributed by atoms with Gasteiger partial charge < -0.3 is 20.1 Å². The zero-order chi connectivity index (χ0) is 27.7. The number of aromatic amines is 1. The van der Waals surface area contributed by atoms with Crippen LogP contribution in [-0.4, -0.2) is 75.8 Å². The molecule has 3 heterocycles. The van der Waals surface area contributed by atoms with Crippen LogP contribution in [0.25, 0.3) is 17.0 Å². The molecule has 208 valence electrons. The fourth-order valence-electron chi connectivity index (χ4n) is 6.17. The summed E-state index contributed by atoms with van der Waals surface area (Å²) in [5.74, 6) is -1.95. The number of likely N-dealkylation sites (tertiary alicyclic amines) is 2. The third-order valence-corrected chi connectivity index (χ3v) is 8.18. The van der Waals surface area contributed by atoms with Crippen LogP contribution in [0.1, 0.15) is 42.0 Å². The molecule has 0 aliphatic carbocycles. The van der Waals surface area contributed by atoms with Gasteiger partial charge >= 0.3 is 0 Å². The van der Waals surface area contributed by atoms with Gasteiger partial charge in [0, 0.05) is 60.8 Å². The van der Waals surface area contributed by atoms with E-state index in [1.165, 1.54) is 24.3 Å². The molecule has 0 spiro atoms. The van der Waals surface area contributed by atoms with E-state index in [1.807, 2.05) is 6.92 Å². The van der Waals surface area contributed by atoms with Crippen LogP contribution in [0, 0.1) is 30.3 Å². The van der Waals surface area contributed by atoms with E-state index in [-0.39, 0.29) is 29.1 Å². The Morgan fingerprint density at radius 2 is 1.77 bits per heavy atom. The largest absolute Gasteiger partial charge is 0.392 e. The lowest BCUT2D eigenvalue weighted by atomic mass is 9.84. The second-order valence-corrected chi connectivity index (χ2v) is 10.8. The molecular weight excluding hydrogens is 507 g/mol. The van der Waals surface area contributed by atoms with Crippen molar-refractivity contribution in [2.45, 2.75) is 44.3 Å². The van der Waals surface area contributed by atoms with Crippen LogP contribution in [-0.2, 0) is 4.79 Å². The second kappa shape index (κ2) is 11.5. The topological polar surface area (TPSA) is 79.8 Å². The van der Waals surface area contributed by atoms with Crippen LogP contribution < -0.4 is 0 Å². The van der Waals surface area contributed by atoms with E-state index in [2.05, 4.69) is 9.88 Å². The first-order valence-electron chi connectivity index (χ1n) is 13.5. The molecular formula is C30H34F3N3O3. The molecule has 6 nitrogen and oxygen atoms in total. The molecule has 2 aliphatic rings. The number of halogens is 3. The van der Waals surface area contributed by atoms with Crippen molar-refractivity contribution in [1.29, 1.82) is 0 Å².